The standard InChI is InChI=1S/C9H13NO5S2/c1-9(2)5(8(12)13)10-6(11)4(3-16)7(10)17(9,14)15/h4-5,7,16H,3H2,1-2H3,(H,12,13)/t4-,5+,7?/m1/s1. The molecule has 2 fully saturated rings. The third-order valence-electron chi connectivity index (χ3n) is 3.61. The van der Waals surface area contributed by atoms with Crippen molar-refractivity contribution in [3.05, 3.63) is 0 Å². The Bertz CT molecular complexity index is 498. The van der Waals surface area contributed by atoms with Crippen molar-refractivity contribution in [3.63, 3.8) is 0 Å². The second-order valence-electron chi connectivity index (χ2n) is 4.81. The van der Waals surface area contributed by atoms with Crippen LogP contribution < -0.4 is 0 Å². The van der Waals surface area contributed by atoms with Crippen LogP contribution >= 0.6 is 12.6 Å². The lowest BCUT2D eigenvalue weighted by atomic mass is 9.93. The Morgan fingerprint density at radius 3 is 2.47 bits per heavy atom. The first kappa shape index (κ1) is 12.7. The molecular weight excluding hydrogens is 266 g/mol. The number of thiol groups is 1. The van der Waals surface area contributed by atoms with Crippen LogP contribution in [0.5, 0.6) is 0 Å². The van der Waals surface area contributed by atoms with E-state index in [2.05, 4.69) is 12.6 Å². The normalized spacial score (nSPS) is 37.5. The summed E-state index contributed by atoms with van der Waals surface area (Å²) in [5, 5.41) is 8.08. The fourth-order valence-electron chi connectivity index (χ4n) is 2.58. The molecule has 0 aromatic carbocycles. The number of hydrogen-bond donors (Lipinski definition) is 2. The largest absolute Gasteiger partial charge is 0.480 e. The van der Waals surface area contributed by atoms with Gasteiger partial charge in [0.05, 0.1) is 10.7 Å². The van der Waals surface area contributed by atoms with Crippen LogP contribution in [-0.2, 0) is 19.4 Å². The summed E-state index contributed by atoms with van der Waals surface area (Å²) in [5.41, 5.74) is 0. The van der Waals surface area contributed by atoms with Crippen LogP contribution in [0.3, 0.4) is 0 Å². The summed E-state index contributed by atoms with van der Waals surface area (Å²) in [6.07, 6.45) is 0. The minimum atomic E-state index is -3.68. The lowest BCUT2D eigenvalue weighted by Crippen LogP contribution is -2.64. The lowest BCUT2D eigenvalue weighted by Gasteiger charge is -2.42. The molecule has 0 aromatic heterocycles. The molecule has 2 aliphatic heterocycles. The molecule has 0 saturated carbocycles. The number of rotatable bonds is 2. The van der Waals surface area contributed by atoms with Gasteiger partial charge in [0.1, 0.15) is 11.4 Å². The van der Waals surface area contributed by atoms with Crippen LogP contribution in [0.15, 0.2) is 0 Å². The number of sulfone groups is 1. The smallest absolute Gasteiger partial charge is 0.328 e. The number of β-lactam (4-membered cyclic amide) rings is 1. The summed E-state index contributed by atoms with van der Waals surface area (Å²) in [4.78, 5) is 23.8. The number of hydrogen-bond acceptors (Lipinski definition) is 5. The fraction of sp³-hybridized carbons (Fsp3) is 0.778. The van der Waals surface area contributed by atoms with Gasteiger partial charge >= 0.3 is 5.97 Å². The van der Waals surface area contributed by atoms with E-state index in [9.17, 15) is 18.0 Å². The van der Waals surface area contributed by atoms with E-state index in [1.807, 2.05) is 0 Å². The number of carboxylic acids is 1. The minimum absolute atomic E-state index is 0.113. The van der Waals surface area contributed by atoms with Crippen molar-refractivity contribution in [2.45, 2.75) is 30.0 Å². The van der Waals surface area contributed by atoms with Gasteiger partial charge in [0.25, 0.3) is 0 Å². The molecule has 1 unspecified atom stereocenters. The van der Waals surface area contributed by atoms with Crippen molar-refractivity contribution < 1.29 is 23.1 Å². The summed E-state index contributed by atoms with van der Waals surface area (Å²) in [7, 11) is -3.68. The van der Waals surface area contributed by atoms with Gasteiger partial charge in [-0.2, -0.15) is 12.6 Å². The van der Waals surface area contributed by atoms with Crippen LogP contribution in [0.25, 0.3) is 0 Å². The first-order valence-corrected chi connectivity index (χ1v) is 7.25. The van der Waals surface area contributed by atoms with Crippen molar-refractivity contribution in [3.8, 4) is 0 Å². The summed E-state index contributed by atoms with van der Waals surface area (Å²) < 4.78 is 23.0. The van der Waals surface area contributed by atoms with Crippen molar-refractivity contribution >= 4 is 34.3 Å². The van der Waals surface area contributed by atoms with E-state index in [1.165, 1.54) is 13.8 Å². The van der Waals surface area contributed by atoms with Crippen LogP contribution in [0.1, 0.15) is 13.8 Å². The lowest BCUT2D eigenvalue weighted by molar-refractivity contribution is -0.162. The molecule has 2 rings (SSSR count). The zero-order valence-electron chi connectivity index (χ0n) is 9.32. The molecule has 1 amide bonds. The quantitative estimate of drug-likeness (QED) is 0.518. The number of carboxylic acid groups (broad SMARTS) is 1. The zero-order valence-corrected chi connectivity index (χ0v) is 11.0. The molecule has 2 aliphatic rings. The van der Waals surface area contributed by atoms with E-state index in [0.717, 1.165) is 4.90 Å². The van der Waals surface area contributed by atoms with Gasteiger partial charge < -0.3 is 10.0 Å². The highest BCUT2D eigenvalue weighted by Crippen LogP contribution is 2.48. The second kappa shape index (κ2) is 3.38. The van der Waals surface area contributed by atoms with Gasteiger partial charge in [0.15, 0.2) is 9.84 Å². The molecule has 2 saturated heterocycles. The predicted octanol–water partition coefficient (Wildman–Crippen LogP) is -0.639. The van der Waals surface area contributed by atoms with Crippen molar-refractivity contribution in [1.82, 2.24) is 4.90 Å². The Hall–Kier alpha value is -0.760. The fourth-order valence-corrected chi connectivity index (χ4v) is 5.39. The molecule has 8 heteroatoms. The molecular formula is C9H13NO5S2. The average molecular weight is 279 g/mol. The van der Waals surface area contributed by atoms with Gasteiger partial charge in [0.2, 0.25) is 5.91 Å². The highest BCUT2D eigenvalue weighted by molar-refractivity contribution is 7.94. The summed E-state index contributed by atoms with van der Waals surface area (Å²) in [6, 6.07) is -1.30. The maximum absolute atomic E-state index is 12.2. The van der Waals surface area contributed by atoms with Crippen LogP contribution in [0, 0.1) is 5.92 Å². The Morgan fingerprint density at radius 1 is 1.53 bits per heavy atom. The van der Waals surface area contributed by atoms with Gasteiger partial charge in [-0.15, -0.1) is 0 Å². The number of aliphatic carboxylic acids is 1. The number of nitrogens with zero attached hydrogens (tertiary/aromatic N) is 1. The van der Waals surface area contributed by atoms with Gasteiger partial charge in [-0.3, -0.25) is 4.79 Å². The molecule has 6 nitrogen and oxygen atoms in total. The minimum Gasteiger partial charge on any atom is -0.480 e. The Balaban J connectivity index is 2.56. The number of carbonyl (C=O) groups is 2. The summed E-state index contributed by atoms with van der Waals surface area (Å²) >= 11 is 3.94. The van der Waals surface area contributed by atoms with E-state index in [0.29, 0.717) is 0 Å². The first-order chi connectivity index (χ1) is 7.67. The van der Waals surface area contributed by atoms with Crippen molar-refractivity contribution in [2.75, 3.05) is 5.75 Å². The van der Waals surface area contributed by atoms with Crippen LogP contribution in [0.4, 0.5) is 0 Å². The average Bonchev–Trinajstić information content (AvgIpc) is 2.32. The van der Waals surface area contributed by atoms with E-state index in [-0.39, 0.29) is 5.75 Å². The summed E-state index contributed by atoms with van der Waals surface area (Å²) in [6.45, 7) is 2.70. The number of amides is 1. The Kier molecular flexibility index (Phi) is 2.52. The molecule has 1 N–H and O–H groups in total. The third-order valence-corrected chi connectivity index (χ3v) is 6.88. The third kappa shape index (κ3) is 1.25. The Morgan fingerprint density at radius 2 is 2.06 bits per heavy atom. The molecule has 96 valence electrons. The highest BCUT2D eigenvalue weighted by atomic mass is 32.2. The molecule has 0 radical (unpaired) electrons. The Labute approximate surface area is 104 Å². The van der Waals surface area contributed by atoms with E-state index in [4.69, 9.17) is 5.11 Å². The molecule has 2 heterocycles. The number of carbonyl (C=O) groups excluding carboxylic acids is 1. The molecule has 17 heavy (non-hydrogen) atoms. The van der Waals surface area contributed by atoms with Crippen molar-refractivity contribution in [2.24, 2.45) is 5.92 Å². The van der Waals surface area contributed by atoms with Gasteiger partial charge in [-0.1, -0.05) is 0 Å². The zero-order chi connectivity index (χ0) is 13.2. The molecule has 0 spiro atoms. The molecule has 3 atom stereocenters. The molecule has 0 bridgehead atoms. The maximum Gasteiger partial charge on any atom is 0.328 e. The SMILES string of the molecule is CC1(C)[C@H](C(=O)O)N2C(=O)[C@@H](CS)C2S1(=O)=O. The number of fused-ring (bicyclic) bond motifs is 1. The van der Waals surface area contributed by atoms with Crippen molar-refractivity contribution in [1.29, 1.82) is 0 Å². The van der Waals surface area contributed by atoms with Gasteiger partial charge in [-0.05, 0) is 13.8 Å². The second-order valence-corrected chi connectivity index (χ2v) is 7.80. The summed E-state index contributed by atoms with van der Waals surface area (Å²) in [5.74, 6) is -2.33. The predicted molar refractivity (Wildman–Crippen MR) is 62.4 cm³/mol. The monoisotopic (exact) mass is 279 g/mol. The topological polar surface area (TPSA) is 91.8 Å². The molecule has 0 aromatic rings. The highest BCUT2D eigenvalue weighted by Gasteiger charge is 2.71. The van der Waals surface area contributed by atoms with Crippen LogP contribution in [0.2, 0.25) is 0 Å². The van der Waals surface area contributed by atoms with E-state index < -0.39 is 43.8 Å². The van der Waals surface area contributed by atoms with Gasteiger partial charge in [-0.25, -0.2) is 13.2 Å². The van der Waals surface area contributed by atoms with E-state index in [1.54, 1.807) is 0 Å². The molecule has 0 aliphatic carbocycles. The van der Waals surface area contributed by atoms with E-state index >= 15 is 0 Å². The van der Waals surface area contributed by atoms with Gasteiger partial charge in [0, 0.05) is 5.75 Å². The van der Waals surface area contributed by atoms with Crippen LogP contribution in [-0.4, -0.2) is 52.2 Å². The first-order valence-electron chi connectivity index (χ1n) is 5.07. The maximum atomic E-state index is 12.2.